The molecule has 0 spiro atoms. The van der Waals surface area contributed by atoms with Gasteiger partial charge in [-0.3, -0.25) is 14.5 Å². The second-order valence-corrected chi connectivity index (χ2v) is 10.1. The maximum Gasteiger partial charge on any atom is 0.250 e. The number of nitrogens with one attached hydrogen (secondary N) is 1. The minimum atomic E-state index is -3.66. The van der Waals surface area contributed by atoms with Gasteiger partial charge in [0.05, 0.1) is 16.3 Å². The number of hydrogen-bond acceptors (Lipinski definition) is 5. The number of benzene rings is 1. The third-order valence-electron chi connectivity index (χ3n) is 5.70. The van der Waals surface area contributed by atoms with E-state index in [1.807, 2.05) is 13.8 Å². The number of fused-ring (bicyclic) bond motifs is 3. The summed E-state index contributed by atoms with van der Waals surface area (Å²) >= 11 is 0. The second kappa shape index (κ2) is 8.31. The lowest BCUT2D eigenvalue weighted by molar-refractivity contribution is -0.125. The Labute approximate surface area is 172 Å². The summed E-state index contributed by atoms with van der Waals surface area (Å²) in [5, 5.41) is 2.89. The van der Waals surface area contributed by atoms with Crippen molar-refractivity contribution in [3.63, 3.8) is 0 Å². The van der Waals surface area contributed by atoms with Gasteiger partial charge in [0.2, 0.25) is 21.8 Å². The van der Waals surface area contributed by atoms with Gasteiger partial charge in [0, 0.05) is 26.7 Å². The van der Waals surface area contributed by atoms with Crippen molar-refractivity contribution in [2.45, 2.75) is 56.5 Å². The van der Waals surface area contributed by atoms with Gasteiger partial charge in [0.25, 0.3) is 0 Å². The molecule has 1 saturated heterocycles. The van der Waals surface area contributed by atoms with Crippen LogP contribution in [0.1, 0.15) is 39.5 Å². The first kappa shape index (κ1) is 21.6. The van der Waals surface area contributed by atoms with Gasteiger partial charge in [-0.15, -0.1) is 0 Å². The van der Waals surface area contributed by atoms with E-state index in [9.17, 15) is 18.0 Å². The minimum absolute atomic E-state index is 0.00787. The Morgan fingerprint density at radius 1 is 1.28 bits per heavy atom. The van der Waals surface area contributed by atoms with E-state index < -0.39 is 10.0 Å². The summed E-state index contributed by atoms with van der Waals surface area (Å²) in [7, 11) is -0.715. The van der Waals surface area contributed by atoms with Crippen molar-refractivity contribution in [1.82, 2.24) is 9.62 Å². The summed E-state index contributed by atoms with van der Waals surface area (Å²) in [4.78, 5) is 29.4. The fraction of sp³-hybridized carbons (Fsp3) is 0.600. The van der Waals surface area contributed by atoms with Gasteiger partial charge in [-0.2, -0.15) is 0 Å². The quantitative estimate of drug-likeness (QED) is 0.751. The highest BCUT2D eigenvalue weighted by Gasteiger charge is 2.40. The molecule has 29 heavy (non-hydrogen) atoms. The van der Waals surface area contributed by atoms with Gasteiger partial charge < -0.3 is 10.2 Å². The number of sulfonamides is 1. The Kier molecular flexibility index (Phi) is 6.19. The van der Waals surface area contributed by atoms with Crippen LogP contribution in [0.5, 0.6) is 0 Å². The fourth-order valence-electron chi connectivity index (χ4n) is 3.84. The van der Waals surface area contributed by atoms with Crippen LogP contribution in [-0.2, 0) is 19.6 Å². The Morgan fingerprint density at radius 2 is 2.00 bits per heavy atom. The lowest BCUT2D eigenvalue weighted by Gasteiger charge is -2.45. The van der Waals surface area contributed by atoms with Crippen molar-refractivity contribution < 1.29 is 18.0 Å². The number of amides is 2. The average Bonchev–Trinajstić information content (AvgIpc) is 2.70. The molecule has 1 fully saturated rings. The topological polar surface area (TPSA) is 90.0 Å². The first-order valence-corrected chi connectivity index (χ1v) is 11.5. The van der Waals surface area contributed by atoms with Crippen molar-refractivity contribution in [3.05, 3.63) is 18.2 Å². The zero-order valence-electron chi connectivity index (χ0n) is 17.5. The predicted octanol–water partition coefficient (Wildman–Crippen LogP) is 1.56. The molecule has 2 aliphatic heterocycles. The van der Waals surface area contributed by atoms with E-state index in [1.54, 1.807) is 12.1 Å². The van der Waals surface area contributed by atoms with Crippen LogP contribution >= 0.6 is 0 Å². The van der Waals surface area contributed by atoms with Crippen LogP contribution in [-0.4, -0.2) is 63.8 Å². The molecule has 1 aromatic rings. The van der Waals surface area contributed by atoms with Crippen molar-refractivity contribution in [3.8, 4) is 0 Å². The molecule has 0 aliphatic carbocycles. The van der Waals surface area contributed by atoms with Gasteiger partial charge in [0.1, 0.15) is 12.6 Å². The van der Waals surface area contributed by atoms with Crippen molar-refractivity contribution in [1.29, 1.82) is 0 Å². The monoisotopic (exact) mass is 422 g/mol. The molecule has 160 valence electrons. The van der Waals surface area contributed by atoms with Gasteiger partial charge >= 0.3 is 0 Å². The maximum absolute atomic E-state index is 13.3. The summed E-state index contributed by atoms with van der Waals surface area (Å²) in [6, 6.07) is 4.56. The molecule has 8 nitrogen and oxygen atoms in total. The third-order valence-corrected chi connectivity index (χ3v) is 7.51. The zero-order valence-corrected chi connectivity index (χ0v) is 18.3. The van der Waals surface area contributed by atoms with E-state index in [1.165, 1.54) is 25.1 Å². The SMILES string of the molecule is CC[C@@H](C)NC(=O)CN1C(=O)[C@@H]2CCCCN2c2ccc(S(=O)(=O)N(C)C)cc21. The number of rotatable bonds is 6. The minimum Gasteiger partial charge on any atom is -0.358 e. The van der Waals surface area contributed by atoms with Crippen LogP contribution < -0.4 is 15.1 Å². The van der Waals surface area contributed by atoms with E-state index in [0.29, 0.717) is 5.69 Å². The Hall–Kier alpha value is -2.13. The van der Waals surface area contributed by atoms with E-state index in [0.717, 1.165) is 42.2 Å². The highest BCUT2D eigenvalue weighted by atomic mass is 32.2. The van der Waals surface area contributed by atoms with Crippen LogP contribution in [0.15, 0.2) is 23.1 Å². The van der Waals surface area contributed by atoms with Gasteiger partial charge in [-0.1, -0.05) is 6.92 Å². The first-order chi connectivity index (χ1) is 13.7. The van der Waals surface area contributed by atoms with Gasteiger partial charge in [-0.05, 0) is 50.8 Å². The molecule has 1 aromatic carbocycles. The van der Waals surface area contributed by atoms with E-state index in [4.69, 9.17) is 0 Å². The van der Waals surface area contributed by atoms with Crippen LogP contribution in [0.2, 0.25) is 0 Å². The van der Waals surface area contributed by atoms with Crippen molar-refractivity contribution in [2.75, 3.05) is 37.0 Å². The fourth-order valence-corrected chi connectivity index (χ4v) is 4.76. The van der Waals surface area contributed by atoms with Crippen LogP contribution in [0.4, 0.5) is 11.4 Å². The molecular formula is C20H30N4O4S. The molecule has 1 N–H and O–H groups in total. The molecule has 0 aromatic heterocycles. The average molecular weight is 423 g/mol. The normalized spacial score (nSPS) is 20.3. The predicted molar refractivity (Wildman–Crippen MR) is 113 cm³/mol. The molecular weight excluding hydrogens is 392 g/mol. The molecule has 2 amide bonds. The number of carbonyl (C=O) groups is 2. The summed E-state index contributed by atoms with van der Waals surface area (Å²) in [6.45, 7) is 4.52. The molecule has 3 rings (SSSR count). The summed E-state index contributed by atoms with van der Waals surface area (Å²) < 4.78 is 26.4. The number of nitrogens with zero attached hydrogens (tertiary/aromatic N) is 3. The number of carbonyl (C=O) groups excluding carboxylic acids is 2. The van der Waals surface area contributed by atoms with Crippen LogP contribution in [0.3, 0.4) is 0 Å². The van der Waals surface area contributed by atoms with Crippen LogP contribution in [0.25, 0.3) is 0 Å². The second-order valence-electron chi connectivity index (χ2n) is 7.94. The Bertz CT molecular complexity index is 900. The molecule has 0 saturated carbocycles. The lowest BCUT2D eigenvalue weighted by atomic mass is 9.96. The summed E-state index contributed by atoms with van der Waals surface area (Å²) in [5.41, 5.74) is 1.29. The van der Waals surface area contributed by atoms with Gasteiger partial charge in [-0.25, -0.2) is 12.7 Å². The number of piperidine rings is 1. The number of anilines is 2. The van der Waals surface area contributed by atoms with Crippen LogP contribution in [0, 0.1) is 0 Å². The Balaban J connectivity index is 2.04. The molecule has 2 heterocycles. The van der Waals surface area contributed by atoms with Gasteiger partial charge in [0.15, 0.2) is 0 Å². The molecule has 0 unspecified atom stereocenters. The molecule has 0 radical (unpaired) electrons. The smallest absolute Gasteiger partial charge is 0.250 e. The van der Waals surface area contributed by atoms with E-state index in [-0.39, 0.29) is 35.3 Å². The summed E-state index contributed by atoms with van der Waals surface area (Å²) in [6.07, 6.45) is 3.47. The lowest BCUT2D eigenvalue weighted by Crippen LogP contribution is -2.57. The zero-order chi connectivity index (χ0) is 21.3. The maximum atomic E-state index is 13.3. The molecule has 9 heteroatoms. The molecule has 0 bridgehead atoms. The van der Waals surface area contributed by atoms with Crippen molar-refractivity contribution >= 4 is 33.2 Å². The number of hydrogen-bond donors (Lipinski definition) is 1. The first-order valence-electron chi connectivity index (χ1n) is 10.1. The van der Waals surface area contributed by atoms with E-state index >= 15 is 0 Å². The largest absolute Gasteiger partial charge is 0.358 e. The highest BCUT2D eigenvalue weighted by molar-refractivity contribution is 7.89. The molecule has 2 atom stereocenters. The standard InChI is InChI=1S/C20H30N4O4S/c1-5-14(2)21-19(25)13-24-18-12-15(29(27,28)22(3)4)9-10-16(18)23-11-7-6-8-17(23)20(24)26/h9-10,12,14,17H,5-8,11,13H2,1-4H3,(H,21,25)/t14-,17+/m1/s1. The Morgan fingerprint density at radius 3 is 2.66 bits per heavy atom. The van der Waals surface area contributed by atoms with E-state index in [2.05, 4.69) is 10.2 Å². The molecule has 2 aliphatic rings. The summed E-state index contributed by atoms with van der Waals surface area (Å²) in [5.74, 6) is -0.389. The third kappa shape index (κ3) is 4.11. The van der Waals surface area contributed by atoms with Crippen molar-refractivity contribution in [2.24, 2.45) is 0 Å². The highest BCUT2D eigenvalue weighted by Crippen LogP contribution is 2.40.